The lowest BCUT2D eigenvalue weighted by Gasteiger charge is -2.11. The van der Waals surface area contributed by atoms with Gasteiger partial charge >= 0.3 is 5.69 Å². The van der Waals surface area contributed by atoms with Gasteiger partial charge in [-0.05, 0) is 18.2 Å². The van der Waals surface area contributed by atoms with E-state index in [1.54, 1.807) is 24.4 Å². The molecule has 3 aromatic rings. The third kappa shape index (κ3) is 3.66. The lowest BCUT2D eigenvalue weighted by molar-refractivity contribution is -0.120. The van der Waals surface area contributed by atoms with Gasteiger partial charge in [-0.3, -0.25) is 23.5 Å². The van der Waals surface area contributed by atoms with Crippen LogP contribution in [0.2, 0.25) is 0 Å². The summed E-state index contributed by atoms with van der Waals surface area (Å²) < 4.78 is 2.26. The normalized spacial score (nSPS) is 10.7. The van der Waals surface area contributed by atoms with Crippen LogP contribution in [0.25, 0.3) is 10.9 Å². The number of amides is 2. The van der Waals surface area contributed by atoms with E-state index in [0.29, 0.717) is 11.3 Å². The molecule has 0 saturated heterocycles. The van der Waals surface area contributed by atoms with Gasteiger partial charge in [0.2, 0.25) is 5.91 Å². The van der Waals surface area contributed by atoms with Gasteiger partial charge in [-0.1, -0.05) is 6.07 Å². The molecule has 0 radical (unpaired) electrons. The maximum atomic E-state index is 12.3. The fourth-order valence-electron chi connectivity index (χ4n) is 2.74. The number of aromatic nitrogens is 3. The van der Waals surface area contributed by atoms with E-state index < -0.39 is 17.2 Å². The van der Waals surface area contributed by atoms with Crippen LogP contribution in [0.4, 0.5) is 0 Å². The molecule has 0 spiro atoms. The standard InChI is InChI=1S/C18H19N5O4/c1-22-11(8-16(25)23(2)18(22)27)9-20-15(24)10-21-17(26)13-4-3-5-14-12(13)6-7-19-14/h3-8,19H,9-10H2,1-2H3,(H,20,24)(H,21,26). The lowest BCUT2D eigenvalue weighted by atomic mass is 10.1. The van der Waals surface area contributed by atoms with E-state index in [9.17, 15) is 19.2 Å². The Labute approximate surface area is 153 Å². The van der Waals surface area contributed by atoms with Gasteiger partial charge in [-0.2, -0.15) is 0 Å². The van der Waals surface area contributed by atoms with Crippen LogP contribution in [-0.4, -0.2) is 32.5 Å². The molecule has 0 aliphatic heterocycles. The van der Waals surface area contributed by atoms with Gasteiger partial charge in [0, 0.05) is 48.5 Å². The van der Waals surface area contributed by atoms with Gasteiger partial charge < -0.3 is 15.6 Å². The third-order valence-electron chi connectivity index (χ3n) is 4.34. The van der Waals surface area contributed by atoms with E-state index in [-0.39, 0.29) is 19.0 Å². The second kappa shape index (κ2) is 7.32. The summed E-state index contributed by atoms with van der Waals surface area (Å²) in [5.74, 6) is -0.797. The van der Waals surface area contributed by atoms with Gasteiger partial charge in [0.25, 0.3) is 11.5 Å². The Kier molecular flexibility index (Phi) is 4.93. The summed E-state index contributed by atoms with van der Waals surface area (Å²) >= 11 is 0. The Morgan fingerprint density at radius 1 is 1.07 bits per heavy atom. The third-order valence-corrected chi connectivity index (χ3v) is 4.34. The first-order valence-electron chi connectivity index (χ1n) is 8.25. The Hall–Kier alpha value is -3.62. The van der Waals surface area contributed by atoms with Crippen LogP contribution in [0.15, 0.2) is 46.1 Å². The molecular weight excluding hydrogens is 350 g/mol. The highest BCUT2D eigenvalue weighted by atomic mass is 16.2. The molecule has 3 N–H and O–H groups in total. The molecule has 0 bridgehead atoms. The van der Waals surface area contributed by atoms with Crippen molar-refractivity contribution in [2.24, 2.45) is 14.1 Å². The van der Waals surface area contributed by atoms with E-state index in [4.69, 9.17) is 0 Å². The maximum absolute atomic E-state index is 12.3. The van der Waals surface area contributed by atoms with Crippen LogP contribution >= 0.6 is 0 Å². The number of carbonyl (C=O) groups is 2. The predicted molar refractivity (Wildman–Crippen MR) is 99.4 cm³/mol. The number of hydrogen-bond acceptors (Lipinski definition) is 4. The number of nitrogens with zero attached hydrogens (tertiary/aromatic N) is 2. The first kappa shape index (κ1) is 18.2. The molecule has 0 aliphatic rings. The number of hydrogen-bond donors (Lipinski definition) is 3. The van der Waals surface area contributed by atoms with Crippen molar-refractivity contribution >= 4 is 22.7 Å². The molecule has 2 aromatic heterocycles. The molecule has 0 fully saturated rings. The van der Waals surface area contributed by atoms with Crippen molar-refractivity contribution in [1.82, 2.24) is 24.8 Å². The van der Waals surface area contributed by atoms with Crippen LogP contribution in [-0.2, 0) is 25.4 Å². The summed E-state index contributed by atoms with van der Waals surface area (Å²) in [6, 6.07) is 8.37. The first-order valence-corrected chi connectivity index (χ1v) is 8.25. The molecule has 140 valence electrons. The molecule has 0 atom stereocenters. The van der Waals surface area contributed by atoms with E-state index in [1.165, 1.54) is 24.7 Å². The average Bonchev–Trinajstić information content (AvgIpc) is 3.15. The quantitative estimate of drug-likeness (QED) is 0.568. The minimum Gasteiger partial charge on any atom is -0.361 e. The smallest absolute Gasteiger partial charge is 0.330 e. The summed E-state index contributed by atoms with van der Waals surface area (Å²) in [7, 11) is 2.90. The number of fused-ring (bicyclic) bond motifs is 1. The molecule has 9 heteroatoms. The van der Waals surface area contributed by atoms with Gasteiger partial charge in [0.1, 0.15) is 0 Å². The van der Waals surface area contributed by atoms with Crippen LogP contribution in [0.1, 0.15) is 16.1 Å². The summed E-state index contributed by atoms with van der Waals surface area (Å²) in [5.41, 5.74) is 0.754. The fraction of sp³-hybridized carbons (Fsp3) is 0.222. The topological polar surface area (TPSA) is 118 Å². The number of nitrogens with one attached hydrogen (secondary N) is 3. The number of carbonyl (C=O) groups excluding carboxylic acids is 2. The highest BCUT2D eigenvalue weighted by Gasteiger charge is 2.12. The van der Waals surface area contributed by atoms with Gasteiger partial charge in [0.05, 0.1) is 13.1 Å². The molecular formula is C18H19N5O4. The van der Waals surface area contributed by atoms with Gasteiger partial charge in [0.15, 0.2) is 0 Å². The Balaban J connectivity index is 1.61. The minimum atomic E-state index is -0.473. The van der Waals surface area contributed by atoms with Crippen molar-refractivity contribution in [2.75, 3.05) is 6.54 Å². The Bertz CT molecular complexity index is 1140. The van der Waals surface area contributed by atoms with Crippen molar-refractivity contribution in [3.05, 3.63) is 68.6 Å². The number of benzene rings is 1. The molecule has 1 aromatic carbocycles. The van der Waals surface area contributed by atoms with Crippen LogP contribution in [0.3, 0.4) is 0 Å². The van der Waals surface area contributed by atoms with Gasteiger partial charge in [-0.15, -0.1) is 0 Å². The molecule has 2 amide bonds. The van der Waals surface area contributed by atoms with Crippen molar-refractivity contribution in [1.29, 1.82) is 0 Å². The molecule has 0 unspecified atom stereocenters. The summed E-state index contributed by atoms with van der Waals surface area (Å²) in [6.45, 7) is -0.220. The van der Waals surface area contributed by atoms with Crippen molar-refractivity contribution in [2.45, 2.75) is 6.54 Å². The molecule has 27 heavy (non-hydrogen) atoms. The van der Waals surface area contributed by atoms with Crippen molar-refractivity contribution in [3.8, 4) is 0 Å². The number of H-pyrrole nitrogens is 1. The fourth-order valence-corrected chi connectivity index (χ4v) is 2.74. The second-order valence-electron chi connectivity index (χ2n) is 6.08. The number of rotatable bonds is 5. The summed E-state index contributed by atoms with van der Waals surface area (Å²) in [6.07, 6.45) is 1.74. The van der Waals surface area contributed by atoms with Gasteiger partial charge in [-0.25, -0.2) is 4.79 Å². The van der Waals surface area contributed by atoms with Crippen molar-refractivity contribution < 1.29 is 9.59 Å². The summed E-state index contributed by atoms with van der Waals surface area (Å²) in [5, 5.41) is 5.92. The molecule has 3 rings (SSSR count). The Morgan fingerprint density at radius 2 is 1.85 bits per heavy atom. The molecule has 0 saturated carbocycles. The zero-order chi connectivity index (χ0) is 19.6. The zero-order valence-corrected chi connectivity index (χ0v) is 14.9. The zero-order valence-electron chi connectivity index (χ0n) is 14.9. The SMILES string of the molecule is Cn1c(CNC(=O)CNC(=O)c2cccc3[nH]ccc23)cc(=O)n(C)c1=O. The largest absolute Gasteiger partial charge is 0.361 e. The van der Waals surface area contributed by atoms with E-state index in [0.717, 1.165) is 15.5 Å². The van der Waals surface area contributed by atoms with Crippen LogP contribution in [0, 0.1) is 0 Å². The highest BCUT2D eigenvalue weighted by molar-refractivity contribution is 6.07. The molecule has 0 aliphatic carbocycles. The predicted octanol–water partition coefficient (Wildman–Crippen LogP) is -0.388. The maximum Gasteiger partial charge on any atom is 0.330 e. The van der Waals surface area contributed by atoms with Crippen molar-refractivity contribution in [3.63, 3.8) is 0 Å². The second-order valence-corrected chi connectivity index (χ2v) is 6.08. The monoisotopic (exact) mass is 369 g/mol. The Morgan fingerprint density at radius 3 is 2.63 bits per heavy atom. The minimum absolute atomic E-state index is 0.00389. The lowest BCUT2D eigenvalue weighted by Crippen LogP contribution is -2.41. The molecule has 9 nitrogen and oxygen atoms in total. The van der Waals surface area contributed by atoms with Crippen LogP contribution < -0.4 is 21.9 Å². The van der Waals surface area contributed by atoms with E-state index in [2.05, 4.69) is 15.6 Å². The first-order chi connectivity index (χ1) is 12.9. The van der Waals surface area contributed by atoms with E-state index >= 15 is 0 Å². The highest BCUT2D eigenvalue weighted by Crippen LogP contribution is 2.16. The average molecular weight is 369 g/mol. The van der Waals surface area contributed by atoms with E-state index in [1.807, 2.05) is 6.07 Å². The number of aromatic amines is 1. The van der Waals surface area contributed by atoms with Crippen LogP contribution in [0.5, 0.6) is 0 Å². The molecule has 2 heterocycles. The summed E-state index contributed by atoms with van der Waals surface area (Å²) in [4.78, 5) is 50.9.